The van der Waals surface area contributed by atoms with Gasteiger partial charge in [-0.2, -0.15) is 18.4 Å². The summed E-state index contributed by atoms with van der Waals surface area (Å²) in [7, 11) is -2.75. The van der Waals surface area contributed by atoms with Crippen LogP contribution in [0.25, 0.3) is 0 Å². The van der Waals surface area contributed by atoms with Crippen LogP contribution >= 0.6 is 0 Å². The Labute approximate surface area is 183 Å². The number of ether oxygens (including phenoxy) is 1. The van der Waals surface area contributed by atoms with E-state index in [1.165, 1.54) is 19.2 Å². The van der Waals surface area contributed by atoms with Gasteiger partial charge >= 0.3 is 12.1 Å². The standard InChI is InChI=1S/C20H21F3N4O4S/c1-5-32(29,30)15-6-13(19(2,3)11-24)10-27-17(15)26-9-12-8-25-16(20(21,22)23)7-14(12)18(28)31-4/h6-8,10H,5,9H2,1-4H3,(H,26,27). The number of carbonyl (C=O) groups is 1. The Balaban J connectivity index is 2.50. The first kappa shape index (κ1) is 25.1. The second-order valence-corrected chi connectivity index (χ2v) is 9.53. The summed E-state index contributed by atoms with van der Waals surface area (Å²) in [5, 5.41) is 12.1. The largest absolute Gasteiger partial charge is 0.465 e. The Kier molecular flexibility index (Phi) is 7.14. The highest BCUT2D eigenvalue weighted by Gasteiger charge is 2.34. The number of carbonyl (C=O) groups excluding carboxylic acids is 1. The fourth-order valence-electron chi connectivity index (χ4n) is 2.63. The summed E-state index contributed by atoms with van der Waals surface area (Å²) in [6.45, 7) is 4.40. The van der Waals surface area contributed by atoms with Crippen LogP contribution < -0.4 is 5.32 Å². The normalized spacial score (nSPS) is 12.2. The molecule has 0 unspecified atom stereocenters. The van der Waals surface area contributed by atoms with Crippen LogP contribution in [0.2, 0.25) is 0 Å². The molecule has 2 aromatic heterocycles. The monoisotopic (exact) mass is 470 g/mol. The molecule has 0 saturated heterocycles. The molecular formula is C20H21F3N4O4S. The van der Waals surface area contributed by atoms with Crippen LogP contribution in [-0.4, -0.2) is 37.2 Å². The maximum Gasteiger partial charge on any atom is 0.433 e. The maximum atomic E-state index is 13.0. The molecule has 0 aliphatic carbocycles. The highest BCUT2D eigenvalue weighted by molar-refractivity contribution is 7.91. The van der Waals surface area contributed by atoms with Crippen LogP contribution in [0.3, 0.4) is 0 Å². The van der Waals surface area contributed by atoms with Gasteiger partial charge in [-0.1, -0.05) is 6.92 Å². The minimum Gasteiger partial charge on any atom is -0.465 e. The Morgan fingerprint density at radius 2 is 1.88 bits per heavy atom. The Bertz CT molecular complexity index is 1170. The maximum absolute atomic E-state index is 13.0. The second kappa shape index (κ2) is 9.12. The van der Waals surface area contributed by atoms with Gasteiger partial charge in [-0.15, -0.1) is 0 Å². The molecule has 0 aliphatic heterocycles. The molecule has 1 N–H and O–H groups in total. The van der Waals surface area contributed by atoms with Crippen molar-refractivity contribution >= 4 is 21.6 Å². The average Bonchev–Trinajstić information content (AvgIpc) is 2.76. The van der Waals surface area contributed by atoms with E-state index in [0.29, 0.717) is 11.6 Å². The number of rotatable bonds is 7. The van der Waals surface area contributed by atoms with Crippen molar-refractivity contribution in [1.29, 1.82) is 5.26 Å². The summed E-state index contributed by atoms with van der Waals surface area (Å²) >= 11 is 0. The van der Waals surface area contributed by atoms with Crippen LogP contribution in [0.15, 0.2) is 29.4 Å². The number of hydrogen-bond donors (Lipinski definition) is 1. The third-order valence-electron chi connectivity index (χ3n) is 4.70. The molecule has 0 aromatic carbocycles. The summed E-state index contributed by atoms with van der Waals surface area (Å²) < 4.78 is 68.7. The van der Waals surface area contributed by atoms with Crippen LogP contribution in [0.4, 0.5) is 19.0 Å². The molecule has 0 saturated carbocycles. The van der Waals surface area contributed by atoms with Gasteiger partial charge in [0.2, 0.25) is 0 Å². The highest BCUT2D eigenvalue weighted by Crippen LogP contribution is 2.31. The highest BCUT2D eigenvalue weighted by atomic mass is 32.2. The van der Waals surface area contributed by atoms with Crippen molar-refractivity contribution in [1.82, 2.24) is 9.97 Å². The number of pyridine rings is 2. The van der Waals surface area contributed by atoms with Crippen molar-refractivity contribution in [3.8, 4) is 6.07 Å². The van der Waals surface area contributed by atoms with E-state index >= 15 is 0 Å². The third kappa shape index (κ3) is 5.34. The van der Waals surface area contributed by atoms with Gasteiger partial charge in [-0.25, -0.2) is 18.2 Å². The molecule has 0 amide bonds. The fourth-order valence-corrected chi connectivity index (χ4v) is 3.67. The van der Waals surface area contributed by atoms with Crippen molar-refractivity contribution in [2.24, 2.45) is 0 Å². The lowest BCUT2D eigenvalue weighted by Gasteiger charge is -2.19. The summed E-state index contributed by atoms with van der Waals surface area (Å²) in [4.78, 5) is 19.3. The van der Waals surface area contributed by atoms with E-state index < -0.39 is 33.1 Å². The number of aromatic nitrogens is 2. The Morgan fingerprint density at radius 1 is 1.22 bits per heavy atom. The van der Waals surface area contributed by atoms with Crippen molar-refractivity contribution in [3.05, 3.63) is 46.9 Å². The zero-order chi connectivity index (χ0) is 24.3. The molecule has 32 heavy (non-hydrogen) atoms. The van der Waals surface area contributed by atoms with E-state index in [4.69, 9.17) is 0 Å². The van der Waals surface area contributed by atoms with Crippen molar-refractivity contribution in [2.45, 2.75) is 43.8 Å². The van der Waals surface area contributed by atoms with E-state index in [0.717, 1.165) is 13.3 Å². The van der Waals surface area contributed by atoms with Crippen LogP contribution in [-0.2, 0) is 32.7 Å². The van der Waals surface area contributed by atoms with E-state index in [9.17, 15) is 31.6 Å². The number of halogens is 3. The number of hydrogen-bond acceptors (Lipinski definition) is 8. The number of nitrogens with zero attached hydrogens (tertiary/aromatic N) is 3. The molecule has 0 radical (unpaired) electrons. The smallest absolute Gasteiger partial charge is 0.433 e. The molecular weight excluding hydrogens is 449 g/mol. The molecule has 0 fully saturated rings. The van der Waals surface area contributed by atoms with E-state index in [2.05, 4.69) is 26.1 Å². The molecule has 8 nitrogen and oxygen atoms in total. The zero-order valence-corrected chi connectivity index (χ0v) is 18.6. The van der Waals surface area contributed by atoms with Gasteiger partial charge < -0.3 is 10.1 Å². The molecule has 0 spiro atoms. The minimum atomic E-state index is -4.76. The number of nitriles is 1. The molecule has 2 aromatic rings. The fraction of sp³-hybridized carbons (Fsp3) is 0.400. The minimum absolute atomic E-state index is 0.0490. The van der Waals surface area contributed by atoms with Crippen molar-refractivity contribution in [3.63, 3.8) is 0 Å². The lowest BCUT2D eigenvalue weighted by molar-refractivity contribution is -0.141. The second-order valence-electron chi connectivity index (χ2n) is 7.28. The first-order valence-corrected chi connectivity index (χ1v) is 10.9. The third-order valence-corrected chi connectivity index (χ3v) is 6.44. The zero-order valence-electron chi connectivity index (χ0n) is 17.7. The number of sulfone groups is 1. The molecule has 12 heteroatoms. The van der Waals surface area contributed by atoms with Gasteiger partial charge in [0.1, 0.15) is 16.4 Å². The average molecular weight is 470 g/mol. The van der Waals surface area contributed by atoms with Gasteiger partial charge in [0, 0.05) is 24.5 Å². The van der Waals surface area contributed by atoms with Gasteiger partial charge in [-0.05, 0) is 31.5 Å². The Hall–Kier alpha value is -3.20. The molecule has 2 rings (SSSR count). The van der Waals surface area contributed by atoms with Crippen LogP contribution in [0.1, 0.15) is 48.0 Å². The number of nitrogens with one attached hydrogen (secondary N) is 1. The summed E-state index contributed by atoms with van der Waals surface area (Å²) in [5.41, 5.74) is -2.21. The van der Waals surface area contributed by atoms with E-state index in [1.807, 2.05) is 0 Å². The predicted molar refractivity (Wildman–Crippen MR) is 109 cm³/mol. The van der Waals surface area contributed by atoms with Crippen LogP contribution in [0, 0.1) is 11.3 Å². The Morgan fingerprint density at radius 3 is 2.41 bits per heavy atom. The first-order valence-electron chi connectivity index (χ1n) is 9.29. The molecule has 172 valence electrons. The summed E-state index contributed by atoms with van der Waals surface area (Å²) in [6.07, 6.45) is -2.56. The SMILES string of the molecule is CCS(=O)(=O)c1cc(C(C)(C)C#N)cnc1NCc1cnc(C(F)(F)F)cc1C(=O)OC. The summed E-state index contributed by atoms with van der Waals surface area (Å²) in [6, 6.07) is 3.97. The van der Waals surface area contributed by atoms with E-state index in [1.54, 1.807) is 13.8 Å². The van der Waals surface area contributed by atoms with Crippen molar-refractivity contribution < 1.29 is 31.1 Å². The van der Waals surface area contributed by atoms with Gasteiger partial charge in [0.15, 0.2) is 9.84 Å². The number of methoxy groups -OCH3 is 1. The molecule has 2 heterocycles. The lowest BCUT2D eigenvalue weighted by Crippen LogP contribution is -2.19. The van der Waals surface area contributed by atoms with Gasteiger partial charge in [0.25, 0.3) is 0 Å². The quantitative estimate of drug-likeness (QED) is 0.610. The van der Waals surface area contributed by atoms with Crippen LogP contribution in [0.5, 0.6) is 0 Å². The predicted octanol–water partition coefficient (Wildman–Crippen LogP) is 3.49. The molecule has 0 bridgehead atoms. The molecule has 0 aliphatic rings. The number of alkyl halides is 3. The van der Waals surface area contributed by atoms with Gasteiger partial charge in [-0.3, -0.25) is 4.98 Å². The van der Waals surface area contributed by atoms with Crippen molar-refractivity contribution in [2.75, 3.05) is 18.2 Å². The van der Waals surface area contributed by atoms with E-state index in [-0.39, 0.29) is 34.1 Å². The molecule has 0 atom stereocenters. The first-order chi connectivity index (χ1) is 14.8. The summed E-state index contributed by atoms with van der Waals surface area (Å²) in [5.74, 6) is -1.31. The number of anilines is 1. The number of esters is 1. The topological polar surface area (TPSA) is 122 Å². The van der Waals surface area contributed by atoms with Gasteiger partial charge in [0.05, 0.1) is 29.9 Å². The lowest BCUT2D eigenvalue weighted by atomic mass is 9.88.